The Kier molecular flexibility index (Phi) is 6.46. The maximum absolute atomic E-state index is 13.8. The Morgan fingerprint density at radius 3 is 2.43 bits per heavy atom. The third kappa shape index (κ3) is 4.42. The molecule has 1 saturated heterocycles. The van der Waals surface area contributed by atoms with Crippen molar-refractivity contribution < 1.29 is 22.6 Å². The molecule has 0 bridgehead atoms. The van der Waals surface area contributed by atoms with Gasteiger partial charge in [-0.05, 0) is 42.3 Å². The molecule has 1 N–H and O–H groups in total. The Balaban J connectivity index is 2.14. The van der Waals surface area contributed by atoms with Crippen molar-refractivity contribution in [1.82, 2.24) is 10.2 Å². The molecule has 2 aromatic carbocycles. The number of alkyl halides is 3. The van der Waals surface area contributed by atoms with Crippen LogP contribution in [0.2, 0.25) is 0 Å². The summed E-state index contributed by atoms with van der Waals surface area (Å²) in [5.74, 6) is 1.05. The Bertz CT molecular complexity index is 787. The lowest BCUT2D eigenvalue weighted by atomic mass is 9.92. The van der Waals surface area contributed by atoms with Gasteiger partial charge in [0.05, 0.1) is 25.8 Å². The molecule has 1 unspecified atom stereocenters. The van der Waals surface area contributed by atoms with E-state index in [4.69, 9.17) is 9.47 Å². The topological polar surface area (TPSA) is 33.7 Å². The number of hydrogen-bond acceptors (Lipinski definition) is 4. The monoisotopic (exact) mass is 394 g/mol. The first-order chi connectivity index (χ1) is 13.5. The van der Waals surface area contributed by atoms with Gasteiger partial charge >= 0.3 is 6.18 Å². The van der Waals surface area contributed by atoms with Crippen LogP contribution in [0.25, 0.3) is 0 Å². The van der Waals surface area contributed by atoms with Gasteiger partial charge in [0.1, 0.15) is 0 Å². The van der Waals surface area contributed by atoms with Crippen LogP contribution in [0.15, 0.2) is 42.5 Å². The highest BCUT2D eigenvalue weighted by Crippen LogP contribution is 2.41. The molecule has 7 heteroatoms. The van der Waals surface area contributed by atoms with Gasteiger partial charge in [0.25, 0.3) is 0 Å². The summed E-state index contributed by atoms with van der Waals surface area (Å²) in [6.45, 7) is 2.96. The van der Waals surface area contributed by atoms with Crippen molar-refractivity contribution in [3.63, 3.8) is 0 Å². The molecule has 0 saturated carbocycles. The van der Waals surface area contributed by atoms with Crippen molar-refractivity contribution >= 4 is 0 Å². The van der Waals surface area contributed by atoms with Crippen molar-refractivity contribution in [3.05, 3.63) is 59.2 Å². The molecule has 0 aliphatic carbocycles. The van der Waals surface area contributed by atoms with E-state index in [1.165, 1.54) is 20.3 Å². The Labute approximate surface area is 163 Å². The average molecular weight is 394 g/mol. The first kappa shape index (κ1) is 20.5. The maximum Gasteiger partial charge on any atom is 0.416 e. The quantitative estimate of drug-likeness (QED) is 0.828. The van der Waals surface area contributed by atoms with Crippen molar-refractivity contribution in [3.8, 4) is 11.5 Å². The normalized spacial score (nSPS) is 17.0. The minimum Gasteiger partial charge on any atom is -0.493 e. The average Bonchev–Trinajstić information content (AvgIpc) is 2.97. The van der Waals surface area contributed by atoms with Crippen LogP contribution in [0.1, 0.15) is 29.2 Å². The molecular weight excluding hydrogens is 369 g/mol. The van der Waals surface area contributed by atoms with Crippen LogP contribution in [-0.2, 0) is 6.18 Å². The summed E-state index contributed by atoms with van der Waals surface area (Å²) >= 11 is 0. The second-order valence-electron chi connectivity index (χ2n) is 6.74. The van der Waals surface area contributed by atoms with Crippen molar-refractivity contribution in [2.45, 2.75) is 18.6 Å². The lowest BCUT2D eigenvalue weighted by Gasteiger charge is -2.33. The molecule has 152 valence electrons. The van der Waals surface area contributed by atoms with Gasteiger partial charge in [0, 0.05) is 19.6 Å². The fourth-order valence-corrected chi connectivity index (χ4v) is 3.73. The number of nitrogens with one attached hydrogen (secondary N) is 1. The number of nitrogens with zero attached hydrogens (tertiary/aromatic N) is 1. The van der Waals surface area contributed by atoms with Gasteiger partial charge in [-0.2, -0.15) is 13.2 Å². The minimum atomic E-state index is -4.42. The van der Waals surface area contributed by atoms with E-state index >= 15 is 0 Å². The van der Waals surface area contributed by atoms with E-state index in [0.29, 0.717) is 24.6 Å². The van der Waals surface area contributed by atoms with Gasteiger partial charge in [-0.15, -0.1) is 0 Å². The molecule has 28 heavy (non-hydrogen) atoms. The van der Waals surface area contributed by atoms with Crippen molar-refractivity contribution in [2.75, 3.05) is 40.4 Å². The van der Waals surface area contributed by atoms with Crippen LogP contribution >= 0.6 is 0 Å². The molecule has 0 amide bonds. The molecule has 4 nitrogen and oxygen atoms in total. The first-order valence-corrected chi connectivity index (χ1v) is 9.28. The fourth-order valence-electron chi connectivity index (χ4n) is 3.73. The molecule has 2 aromatic rings. The second-order valence-corrected chi connectivity index (χ2v) is 6.74. The predicted molar refractivity (Wildman–Crippen MR) is 102 cm³/mol. The lowest BCUT2D eigenvalue weighted by Crippen LogP contribution is -2.34. The van der Waals surface area contributed by atoms with Crippen molar-refractivity contribution in [2.24, 2.45) is 0 Å². The van der Waals surface area contributed by atoms with Gasteiger partial charge in [-0.3, -0.25) is 4.90 Å². The van der Waals surface area contributed by atoms with Gasteiger partial charge in [-0.25, -0.2) is 0 Å². The molecule has 1 heterocycles. The van der Waals surface area contributed by atoms with E-state index in [9.17, 15) is 13.2 Å². The molecule has 1 aliphatic heterocycles. The molecule has 1 atom stereocenters. The molecule has 0 spiro atoms. The fraction of sp³-hybridized carbons (Fsp3) is 0.429. The third-order valence-corrected chi connectivity index (χ3v) is 5.02. The smallest absolute Gasteiger partial charge is 0.416 e. The van der Waals surface area contributed by atoms with Crippen LogP contribution < -0.4 is 14.8 Å². The van der Waals surface area contributed by atoms with Crippen LogP contribution in [0.3, 0.4) is 0 Å². The van der Waals surface area contributed by atoms with Crippen LogP contribution in [0.5, 0.6) is 11.5 Å². The zero-order valence-electron chi connectivity index (χ0n) is 16.1. The van der Waals surface area contributed by atoms with E-state index in [1.807, 2.05) is 6.07 Å². The molecule has 1 aliphatic rings. The number of ether oxygens (including phenoxy) is 2. The Morgan fingerprint density at radius 1 is 0.964 bits per heavy atom. The number of rotatable bonds is 5. The number of benzene rings is 2. The molecule has 0 aromatic heterocycles. The van der Waals surface area contributed by atoms with Gasteiger partial charge < -0.3 is 14.8 Å². The highest BCUT2D eigenvalue weighted by molar-refractivity contribution is 5.47. The van der Waals surface area contributed by atoms with E-state index < -0.39 is 17.8 Å². The Morgan fingerprint density at radius 2 is 1.71 bits per heavy atom. The molecule has 3 rings (SSSR count). The maximum atomic E-state index is 13.8. The zero-order chi connectivity index (χ0) is 20.1. The zero-order valence-corrected chi connectivity index (χ0v) is 16.1. The lowest BCUT2D eigenvalue weighted by molar-refractivity contribution is -0.138. The SMILES string of the molecule is COc1ccc(C(c2ccccc2C(F)(F)F)N2CCCNCC2)cc1OC. The summed E-state index contributed by atoms with van der Waals surface area (Å²) in [7, 11) is 3.06. The standard InChI is InChI=1S/C21H25F3N2O2/c1-27-18-9-8-15(14-19(18)28-2)20(26-12-5-10-25-11-13-26)16-6-3-4-7-17(16)21(22,23)24/h3-4,6-9,14,20,25H,5,10-13H2,1-2H3. The summed E-state index contributed by atoms with van der Waals surface area (Å²) in [6.07, 6.45) is -3.55. The number of methoxy groups -OCH3 is 2. The van der Waals surface area contributed by atoms with E-state index in [1.54, 1.807) is 24.3 Å². The summed E-state index contributed by atoms with van der Waals surface area (Å²) in [6, 6.07) is 10.6. The summed E-state index contributed by atoms with van der Waals surface area (Å²) in [5.41, 5.74) is 0.396. The van der Waals surface area contributed by atoms with Gasteiger partial charge in [-0.1, -0.05) is 24.3 Å². The molecule has 0 radical (unpaired) electrons. The summed E-state index contributed by atoms with van der Waals surface area (Å²) in [5, 5.41) is 3.31. The number of halogens is 3. The van der Waals surface area contributed by atoms with Crippen molar-refractivity contribution in [1.29, 1.82) is 0 Å². The largest absolute Gasteiger partial charge is 0.493 e. The minimum absolute atomic E-state index is 0.254. The number of hydrogen-bond donors (Lipinski definition) is 1. The van der Waals surface area contributed by atoms with E-state index in [2.05, 4.69) is 10.2 Å². The highest BCUT2D eigenvalue weighted by Gasteiger charge is 2.37. The van der Waals surface area contributed by atoms with E-state index in [0.717, 1.165) is 31.1 Å². The third-order valence-electron chi connectivity index (χ3n) is 5.02. The van der Waals surface area contributed by atoms with Crippen LogP contribution in [0.4, 0.5) is 13.2 Å². The summed E-state index contributed by atoms with van der Waals surface area (Å²) < 4.78 is 52.0. The second kappa shape index (κ2) is 8.84. The van der Waals surface area contributed by atoms with Gasteiger partial charge in [0.15, 0.2) is 11.5 Å². The molecular formula is C21H25F3N2O2. The van der Waals surface area contributed by atoms with E-state index in [-0.39, 0.29) is 5.56 Å². The van der Waals surface area contributed by atoms with Gasteiger partial charge in [0.2, 0.25) is 0 Å². The van der Waals surface area contributed by atoms with Crippen LogP contribution in [0, 0.1) is 0 Å². The predicted octanol–water partition coefficient (Wildman–Crippen LogP) is 4.11. The first-order valence-electron chi connectivity index (χ1n) is 9.28. The Hall–Kier alpha value is -2.25. The summed E-state index contributed by atoms with van der Waals surface area (Å²) in [4.78, 5) is 2.10. The highest BCUT2D eigenvalue weighted by atomic mass is 19.4. The molecule has 1 fully saturated rings. The van der Waals surface area contributed by atoms with Crippen LogP contribution in [-0.4, -0.2) is 45.3 Å².